The van der Waals surface area contributed by atoms with Crippen molar-refractivity contribution in [2.75, 3.05) is 33.9 Å². The Morgan fingerprint density at radius 3 is 2.26 bits per heavy atom. The highest BCUT2D eigenvalue weighted by molar-refractivity contribution is 4.94. The van der Waals surface area contributed by atoms with Gasteiger partial charge in [-0.15, -0.1) is 0 Å². The third-order valence-corrected chi connectivity index (χ3v) is 5.20. The van der Waals surface area contributed by atoms with Crippen molar-refractivity contribution in [3.63, 3.8) is 0 Å². The number of hydrogen-bond acceptors (Lipinski definition) is 4. The topological polar surface area (TPSA) is 47.7 Å². The van der Waals surface area contributed by atoms with E-state index in [2.05, 4.69) is 18.7 Å². The van der Waals surface area contributed by atoms with Crippen molar-refractivity contribution in [1.29, 1.82) is 0 Å². The maximum atomic E-state index is 6.48. The van der Waals surface area contributed by atoms with E-state index in [1.807, 2.05) is 0 Å². The monoisotopic (exact) mass is 270 g/mol. The van der Waals surface area contributed by atoms with Crippen LogP contribution in [-0.4, -0.2) is 57.0 Å². The summed E-state index contributed by atoms with van der Waals surface area (Å²) in [5.74, 6) is 0.608. The van der Waals surface area contributed by atoms with E-state index in [1.165, 1.54) is 19.3 Å². The van der Waals surface area contributed by atoms with Crippen LogP contribution in [0.5, 0.6) is 0 Å². The Balaban J connectivity index is 1.91. The summed E-state index contributed by atoms with van der Waals surface area (Å²) in [6.45, 7) is 7.65. The first-order valence-electron chi connectivity index (χ1n) is 7.51. The molecule has 1 saturated heterocycles. The first kappa shape index (κ1) is 15.2. The Morgan fingerprint density at radius 1 is 1.16 bits per heavy atom. The van der Waals surface area contributed by atoms with Gasteiger partial charge in [-0.2, -0.15) is 0 Å². The highest BCUT2D eigenvalue weighted by Crippen LogP contribution is 2.38. The van der Waals surface area contributed by atoms with Crippen molar-refractivity contribution in [3.8, 4) is 0 Å². The minimum absolute atomic E-state index is 0.206. The van der Waals surface area contributed by atoms with Gasteiger partial charge in [0.25, 0.3) is 0 Å². The molecule has 0 bridgehead atoms. The number of nitrogens with zero attached hydrogens (tertiary/aromatic N) is 1. The van der Waals surface area contributed by atoms with Crippen LogP contribution in [-0.2, 0) is 9.47 Å². The Hall–Kier alpha value is -0.160. The molecule has 0 aromatic rings. The molecule has 2 aliphatic rings. The summed E-state index contributed by atoms with van der Waals surface area (Å²) in [6.07, 6.45) is 4.24. The summed E-state index contributed by atoms with van der Waals surface area (Å²) < 4.78 is 11.0. The predicted octanol–water partition coefficient (Wildman–Crippen LogP) is 1.49. The van der Waals surface area contributed by atoms with Crippen molar-refractivity contribution >= 4 is 0 Å². The lowest BCUT2D eigenvalue weighted by Crippen LogP contribution is -2.50. The van der Waals surface area contributed by atoms with Crippen LogP contribution in [0.25, 0.3) is 0 Å². The fourth-order valence-corrected chi connectivity index (χ4v) is 3.76. The summed E-state index contributed by atoms with van der Waals surface area (Å²) in [7, 11) is 3.55. The number of ether oxygens (including phenoxy) is 2. The molecule has 0 radical (unpaired) electrons. The van der Waals surface area contributed by atoms with Gasteiger partial charge in [0.15, 0.2) is 0 Å². The lowest BCUT2D eigenvalue weighted by molar-refractivity contribution is -0.00461. The van der Waals surface area contributed by atoms with Crippen molar-refractivity contribution in [3.05, 3.63) is 0 Å². The molecule has 1 aliphatic heterocycles. The minimum atomic E-state index is 0.206. The Morgan fingerprint density at radius 2 is 1.74 bits per heavy atom. The van der Waals surface area contributed by atoms with E-state index in [0.29, 0.717) is 12.0 Å². The molecule has 2 N–H and O–H groups in total. The number of methoxy groups -OCH3 is 2. The van der Waals surface area contributed by atoms with Crippen LogP contribution in [0.4, 0.5) is 0 Å². The normalized spacial score (nSPS) is 39.6. The summed E-state index contributed by atoms with van der Waals surface area (Å²) in [5, 5.41) is 0. The zero-order valence-electron chi connectivity index (χ0n) is 12.9. The molecule has 2 rings (SSSR count). The standard InChI is InChI=1S/C15H30N2O2/c1-15(2)7-5-6-11(14(15)16)8-17-9-12(18-3)13(10-17)19-4/h11-14H,5-10,16H2,1-4H3. The van der Waals surface area contributed by atoms with E-state index in [0.717, 1.165) is 19.6 Å². The van der Waals surface area contributed by atoms with Gasteiger partial charge in [0.1, 0.15) is 0 Å². The number of nitrogens with two attached hydrogens (primary N) is 1. The average molecular weight is 270 g/mol. The minimum Gasteiger partial charge on any atom is -0.377 e. The van der Waals surface area contributed by atoms with E-state index in [-0.39, 0.29) is 17.6 Å². The third-order valence-electron chi connectivity index (χ3n) is 5.20. The van der Waals surface area contributed by atoms with Crippen molar-refractivity contribution < 1.29 is 9.47 Å². The van der Waals surface area contributed by atoms with Gasteiger partial charge in [0.05, 0.1) is 12.2 Å². The molecule has 4 heteroatoms. The highest BCUT2D eigenvalue weighted by Gasteiger charge is 2.39. The smallest absolute Gasteiger partial charge is 0.0971 e. The van der Waals surface area contributed by atoms with Gasteiger partial charge in [-0.1, -0.05) is 20.3 Å². The molecule has 1 saturated carbocycles. The van der Waals surface area contributed by atoms with E-state index >= 15 is 0 Å². The van der Waals surface area contributed by atoms with Gasteiger partial charge in [0.2, 0.25) is 0 Å². The highest BCUT2D eigenvalue weighted by atomic mass is 16.5. The van der Waals surface area contributed by atoms with Gasteiger partial charge in [-0.25, -0.2) is 0 Å². The van der Waals surface area contributed by atoms with Crippen LogP contribution in [0, 0.1) is 11.3 Å². The van der Waals surface area contributed by atoms with Crippen LogP contribution < -0.4 is 5.73 Å². The zero-order valence-corrected chi connectivity index (χ0v) is 12.9. The second kappa shape index (κ2) is 6.08. The number of likely N-dealkylation sites (tertiary alicyclic amines) is 1. The summed E-state index contributed by atoms with van der Waals surface area (Å²) in [5.41, 5.74) is 6.76. The summed E-state index contributed by atoms with van der Waals surface area (Å²) in [4.78, 5) is 2.47. The van der Waals surface area contributed by atoms with Gasteiger partial charge in [0, 0.05) is 39.9 Å². The summed E-state index contributed by atoms with van der Waals surface area (Å²) in [6, 6.07) is 0.309. The van der Waals surface area contributed by atoms with Crippen LogP contribution in [0.15, 0.2) is 0 Å². The average Bonchev–Trinajstić information content (AvgIpc) is 2.77. The molecular weight excluding hydrogens is 240 g/mol. The molecule has 2 fully saturated rings. The molecule has 1 heterocycles. The lowest BCUT2D eigenvalue weighted by atomic mass is 9.68. The fourth-order valence-electron chi connectivity index (χ4n) is 3.76. The quantitative estimate of drug-likeness (QED) is 0.841. The Labute approximate surface area is 117 Å². The van der Waals surface area contributed by atoms with Gasteiger partial charge in [-0.05, 0) is 24.2 Å². The fraction of sp³-hybridized carbons (Fsp3) is 1.00. The number of hydrogen-bond donors (Lipinski definition) is 1. The molecule has 4 atom stereocenters. The molecular formula is C15H30N2O2. The molecule has 0 amide bonds. The third kappa shape index (κ3) is 3.30. The first-order valence-corrected chi connectivity index (χ1v) is 7.51. The first-order chi connectivity index (χ1) is 8.97. The Bertz CT molecular complexity index is 284. The summed E-state index contributed by atoms with van der Waals surface area (Å²) >= 11 is 0. The van der Waals surface area contributed by atoms with E-state index < -0.39 is 0 Å². The second-order valence-electron chi connectivity index (χ2n) is 6.93. The second-order valence-corrected chi connectivity index (χ2v) is 6.93. The molecule has 4 unspecified atom stereocenters. The zero-order chi connectivity index (χ0) is 14.0. The van der Waals surface area contributed by atoms with Crippen molar-refractivity contribution in [2.24, 2.45) is 17.1 Å². The number of rotatable bonds is 4. The molecule has 19 heavy (non-hydrogen) atoms. The van der Waals surface area contributed by atoms with Crippen molar-refractivity contribution in [2.45, 2.75) is 51.4 Å². The van der Waals surface area contributed by atoms with Gasteiger partial charge in [-0.3, -0.25) is 4.90 Å². The maximum absolute atomic E-state index is 6.48. The molecule has 4 nitrogen and oxygen atoms in total. The van der Waals surface area contributed by atoms with Crippen LogP contribution in [0.1, 0.15) is 33.1 Å². The Kier molecular flexibility index (Phi) is 4.88. The molecule has 112 valence electrons. The molecule has 0 aromatic heterocycles. The van der Waals surface area contributed by atoms with Gasteiger partial charge >= 0.3 is 0 Å². The predicted molar refractivity (Wildman–Crippen MR) is 77.1 cm³/mol. The van der Waals surface area contributed by atoms with E-state index in [1.54, 1.807) is 14.2 Å². The van der Waals surface area contributed by atoms with Crippen LogP contribution >= 0.6 is 0 Å². The largest absolute Gasteiger partial charge is 0.377 e. The molecule has 0 spiro atoms. The van der Waals surface area contributed by atoms with Crippen LogP contribution in [0.2, 0.25) is 0 Å². The lowest BCUT2D eigenvalue weighted by Gasteiger charge is -2.43. The van der Waals surface area contributed by atoms with E-state index in [4.69, 9.17) is 15.2 Å². The maximum Gasteiger partial charge on any atom is 0.0971 e. The molecule has 1 aliphatic carbocycles. The SMILES string of the molecule is COC1CN(CC2CCCC(C)(C)C2N)CC1OC. The van der Waals surface area contributed by atoms with E-state index in [9.17, 15) is 0 Å². The van der Waals surface area contributed by atoms with Crippen molar-refractivity contribution in [1.82, 2.24) is 4.90 Å². The molecule has 0 aromatic carbocycles. The van der Waals surface area contributed by atoms with Crippen LogP contribution in [0.3, 0.4) is 0 Å². The van der Waals surface area contributed by atoms with Gasteiger partial charge < -0.3 is 15.2 Å².